The number of hydrogen-bond donors (Lipinski definition) is 3. The van der Waals surface area contributed by atoms with Gasteiger partial charge in [0.2, 0.25) is 11.9 Å². The Morgan fingerprint density at radius 1 is 1.00 bits per heavy atom. The Bertz CT molecular complexity index is 585. The predicted molar refractivity (Wildman–Crippen MR) is 64.9 cm³/mol. The molecule has 0 aliphatic heterocycles. The summed E-state index contributed by atoms with van der Waals surface area (Å²) < 4.78 is 29.2. The molecule has 2 rings (SSSR count). The number of aromatic nitrogens is 3. The zero-order chi connectivity index (χ0) is 13.6. The molecule has 9 heteroatoms. The molecule has 0 aliphatic carbocycles. The number of nitrogen functional groups attached to an aromatic ring is 2. The Hall–Kier alpha value is -2.26. The third-order valence-corrected chi connectivity index (χ3v) is 2.52. The van der Waals surface area contributed by atoms with Gasteiger partial charge in [-0.25, -0.2) is 9.97 Å². The average molecular weight is 269 g/mol. The highest BCUT2D eigenvalue weighted by molar-refractivity contribution is 7.85. The van der Waals surface area contributed by atoms with Crippen molar-refractivity contribution in [3.63, 3.8) is 0 Å². The van der Waals surface area contributed by atoms with Gasteiger partial charge in [0, 0.05) is 0 Å². The third kappa shape index (κ3) is 4.72. The van der Waals surface area contributed by atoms with Crippen LogP contribution in [0.25, 0.3) is 0 Å². The third-order valence-electron chi connectivity index (χ3n) is 1.65. The standard InChI is InChI=1S/C6H6O3S.C3H5N5/c7-10(8,9)6-4-2-1-3-5-6;4-2-6-1-7-3(5)8-2/h1-5H,(H,7,8,9);1H,(H4,4,5,6,7,8). The second-order valence-electron chi connectivity index (χ2n) is 2.99. The van der Waals surface area contributed by atoms with Gasteiger partial charge in [0.05, 0.1) is 4.90 Å². The minimum absolute atomic E-state index is 0.0741. The van der Waals surface area contributed by atoms with Crippen LogP contribution < -0.4 is 11.5 Å². The summed E-state index contributed by atoms with van der Waals surface area (Å²) in [6.45, 7) is 0. The van der Waals surface area contributed by atoms with Crippen LogP contribution in [0.2, 0.25) is 0 Å². The van der Waals surface area contributed by atoms with Crippen molar-refractivity contribution in [1.29, 1.82) is 0 Å². The van der Waals surface area contributed by atoms with Crippen molar-refractivity contribution in [3.8, 4) is 0 Å². The van der Waals surface area contributed by atoms with Crippen LogP contribution in [0.4, 0.5) is 11.9 Å². The minimum atomic E-state index is -4.00. The summed E-state index contributed by atoms with van der Waals surface area (Å²) in [5, 5.41) is 0. The molecule has 1 aromatic heterocycles. The smallest absolute Gasteiger partial charge is 0.294 e. The van der Waals surface area contributed by atoms with Crippen LogP contribution in [0.3, 0.4) is 0 Å². The summed E-state index contributed by atoms with van der Waals surface area (Å²) in [5.41, 5.74) is 10.2. The Balaban J connectivity index is 0.000000184. The van der Waals surface area contributed by atoms with Crippen molar-refractivity contribution >= 4 is 22.0 Å². The lowest BCUT2D eigenvalue weighted by molar-refractivity contribution is 0.483. The number of anilines is 2. The van der Waals surface area contributed by atoms with Gasteiger partial charge in [-0.3, -0.25) is 4.55 Å². The second kappa shape index (κ2) is 5.89. The molecule has 0 atom stereocenters. The molecule has 0 amide bonds. The molecule has 0 saturated carbocycles. The summed E-state index contributed by atoms with van der Waals surface area (Å²) in [6.07, 6.45) is 1.26. The first kappa shape index (κ1) is 13.8. The van der Waals surface area contributed by atoms with Crippen LogP contribution in [-0.2, 0) is 10.1 Å². The molecule has 2 aromatic rings. The number of rotatable bonds is 1. The lowest BCUT2D eigenvalue weighted by Crippen LogP contribution is -2.00. The maximum absolute atomic E-state index is 10.4. The van der Waals surface area contributed by atoms with Crippen molar-refractivity contribution in [2.24, 2.45) is 0 Å². The van der Waals surface area contributed by atoms with Gasteiger partial charge in [0.25, 0.3) is 10.1 Å². The fourth-order valence-electron chi connectivity index (χ4n) is 0.915. The molecule has 0 bridgehead atoms. The molecular weight excluding hydrogens is 258 g/mol. The van der Waals surface area contributed by atoms with E-state index in [9.17, 15) is 8.42 Å². The summed E-state index contributed by atoms with van der Waals surface area (Å²) >= 11 is 0. The van der Waals surface area contributed by atoms with Crippen molar-refractivity contribution in [3.05, 3.63) is 36.7 Å². The monoisotopic (exact) mass is 269 g/mol. The molecule has 0 aliphatic rings. The fourth-order valence-corrected chi connectivity index (χ4v) is 1.42. The average Bonchev–Trinajstić information content (AvgIpc) is 2.29. The molecule has 1 heterocycles. The largest absolute Gasteiger partial charge is 0.368 e. The Morgan fingerprint density at radius 2 is 1.50 bits per heavy atom. The van der Waals surface area contributed by atoms with Crippen LogP contribution in [0.1, 0.15) is 0 Å². The first-order valence-electron chi connectivity index (χ1n) is 4.62. The maximum atomic E-state index is 10.4. The van der Waals surface area contributed by atoms with Crippen molar-refractivity contribution in [1.82, 2.24) is 15.0 Å². The summed E-state index contributed by atoms with van der Waals surface area (Å²) in [6, 6.07) is 7.42. The molecule has 0 unspecified atom stereocenters. The molecule has 1 aromatic carbocycles. The van der Waals surface area contributed by atoms with E-state index in [0.29, 0.717) is 0 Å². The van der Waals surface area contributed by atoms with Gasteiger partial charge in [-0.1, -0.05) is 18.2 Å². The number of nitrogens with zero attached hydrogens (tertiary/aromatic N) is 3. The second-order valence-corrected chi connectivity index (χ2v) is 4.41. The van der Waals surface area contributed by atoms with Crippen molar-refractivity contribution in [2.75, 3.05) is 11.5 Å². The van der Waals surface area contributed by atoms with E-state index in [-0.39, 0.29) is 16.8 Å². The van der Waals surface area contributed by atoms with E-state index in [4.69, 9.17) is 16.0 Å². The first-order chi connectivity index (χ1) is 8.39. The Labute approximate surface area is 103 Å². The Morgan fingerprint density at radius 3 is 1.78 bits per heavy atom. The first-order valence-corrected chi connectivity index (χ1v) is 6.06. The van der Waals surface area contributed by atoms with Gasteiger partial charge in [-0.05, 0) is 12.1 Å². The molecule has 0 radical (unpaired) electrons. The van der Waals surface area contributed by atoms with E-state index in [1.165, 1.54) is 18.5 Å². The predicted octanol–water partition coefficient (Wildman–Crippen LogP) is -0.0307. The van der Waals surface area contributed by atoms with Crippen molar-refractivity contribution < 1.29 is 13.0 Å². The number of nitrogens with two attached hydrogens (primary N) is 2. The SMILES string of the molecule is Nc1ncnc(N)n1.O=S(=O)(O)c1ccccc1. The molecule has 0 saturated heterocycles. The van der Waals surface area contributed by atoms with Gasteiger partial charge in [-0.2, -0.15) is 13.4 Å². The van der Waals surface area contributed by atoms with Crippen LogP contribution in [-0.4, -0.2) is 27.9 Å². The number of benzene rings is 1. The summed E-state index contributed by atoms with van der Waals surface area (Å²) in [5.74, 6) is 0.301. The van der Waals surface area contributed by atoms with Crippen LogP contribution >= 0.6 is 0 Å². The molecule has 96 valence electrons. The molecule has 8 nitrogen and oxygen atoms in total. The normalized spacial score (nSPS) is 10.3. The van der Waals surface area contributed by atoms with Gasteiger partial charge in [0.1, 0.15) is 6.33 Å². The minimum Gasteiger partial charge on any atom is -0.368 e. The molecule has 18 heavy (non-hydrogen) atoms. The fraction of sp³-hybridized carbons (Fsp3) is 0. The topological polar surface area (TPSA) is 145 Å². The molecular formula is C9H11N5O3S. The number of hydrogen-bond acceptors (Lipinski definition) is 7. The zero-order valence-corrected chi connectivity index (χ0v) is 9.95. The summed E-state index contributed by atoms with van der Waals surface area (Å²) in [7, 11) is -4.00. The maximum Gasteiger partial charge on any atom is 0.294 e. The van der Waals surface area contributed by atoms with Crippen molar-refractivity contribution in [2.45, 2.75) is 4.90 Å². The van der Waals surface area contributed by atoms with Gasteiger partial charge < -0.3 is 11.5 Å². The highest BCUT2D eigenvalue weighted by Gasteiger charge is 2.05. The van der Waals surface area contributed by atoms with E-state index < -0.39 is 10.1 Å². The van der Waals surface area contributed by atoms with Gasteiger partial charge in [0.15, 0.2) is 0 Å². The highest BCUT2D eigenvalue weighted by Crippen LogP contribution is 2.05. The zero-order valence-electron chi connectivity index (χ0n) is 9.13. The van der Waals surface area contributed by atoms with Gasteiger partial charge in [-0.15, -0.1) is 0 Å². The highest BCUT2D eigenvalue weighted by atomic mass is 32.2. The summed E-state index contributed by atoms with van der Waals surface area (Å²) in [4.78, 5) is 10.5. The quantitative estimate of drug-likeness (QED) is 0.612. The molecule has 5 N–H and O–H groups in total. The van der Waals surface area contributed by atoms with E-state index in [2.05, 4.69) is 15.0 Å². The molecule has 0 fully saturated rings. The lowest BCUT2D eigenvalue weighted by atomic mass is 10.4. The van der Waals surface area contributed by atoms with E-state index in [0.717, 1.165) is 0 Å². The van der Waals surface area contributed by atoms with Crippen LogP contribution in [0.15, 0.2) is 41.6 Å². The van der Waals surface area contributed by atoms with E-state index in [1.54, 1.807) is 18.2 Å². The van der Waals surface area contributed by atoms with Crippen LogP contribution in [0, 0.1) is 0 Å². The van der Waals surface area contributed by atoms with Crippen LogP contribution in [0.5, 0.6) is 0 Å². The van der Waals surface area contributed by atoms with Gasteiger partial charge >= 0.3 is 0 Å². The van der Waals surface area contributed by atoms with E-state index in [1.807, 2.05) is 0 Å². The van der Waals surface area contributed by atoms with E-state index >= 15 is 0 Å². The molecule has 0 spiro atoms. The lowest BCUT2D eigenvalue weighted by Gasteiger charge is -1.92. The Kier molecular flexibility index (Phi) is 4.52.